The summed E-state index contributed by atoms with van der Waals surface area (Å²) < 4.78 is 58.6. The number of nitrogens with one attached hydrogen (secondary N) is 1. The number of rotatable bonds is 10. The van der Waals surface area contributed by atoms with Gasteiger partial charge in [-0.15, -0.1) is 11.3 Å². The fourth-order valence-corrected chi connectivity index (χ4v) is 6.53. The molecule has 39 heavy (non-hydrogen) atoms. The Bertz CT molecular complexity index is 1430. The molecule has 13 heteroatoms. The highest BCUT2D eigenvalue weighted by atomic mass is 32.2. The van der Waals surface area contributed by atoms with E-state index in [1.54, 1.807) is 35.7 Å². The lowest BCUT2D eigenvalue weighted by Crippen LogP contribution is -2.14. The third-order valence-corrected chi connectivity index (χ3v) is 9.33. The Hall–Kier alpha value is -2.76. The summed E-state index contributed by atoms with van der Waals surface area (Å²) in [7, 11) is -6.56. The van der Waals surface area contributed by atoms with Gasteiger partial charge in [0.25, 0.3) is 5.91 Å². The van der Waals surface area contributed by atoms with Crippen LogP contribution in [0.5, 0.6) is 17.2 Å². The molecule has 3 aromatic rings. The molecule has 0 bridgehead atoms. The maximum atomic E-state index is 13.1. The molecule has 1 aliphatic heterocycles. The molecule has 1 N–H and O–H groups in total. The first-order valence-electron chi connectivity index (χ1n) is 12.0. The zero-order valence-electron chi connectivity index (χ0n) is 21.2. The van der Waals surface area contributed by atoms with E-state index in [-0.39, 0.29) is 30.2 Å². The molecule has 2 aromatic carbocycles. The van der Waals surface area contributed by atoms with Crippen molar-refractivity contribution >= 4 is 39.8 Å². The van der Waals surface area contributed by atoms with Crippen molar-refractivity contribution in [2.24, 2.45) is 0 Å². The maximum absolute atomic E-state index is 13.1. The Labute approximate surface area is 233 Å². The molecule has 4 rings (SSSR count). The molecule has 1 saturated heterocycles. The number of carbonyl (C=O) groups is 1. The predicted octanol–water partition coefficient (Wildman–Crippen LogP) is 6.53. The lowest BCUT2D eigenvalue weighted by Gasteiger charge is -2.21. The number of carbonyl (C=O) groups excluding carboxylic acids is 1. The molecule has 2 heterocycles. The van der Waals surface area contributed by atoms with Crippen LogP contribution < -0.4 is 14.8 Å². The van der Waals surface area contributed by atoms with Crippen molar-refractivity contribution in [2.45, 2.75) is 51.3 Å². The number of hydrogen-bond acceptors (Lipinski definition) is 10. The van der Waals surface area contributed by atoms with Crippen LogP contribution in [0.3, 0.4) is 0 Å². The van der Waals surface area contributed by atoms with Gasteiger partial charge in [-0.1, -0.05) is 14.4 Å². The van der Waals surface area contributed by atoms with Gasteiger partial charge < -0.3 is 18.5 Å². The predicted molar refractivity (Wildman–Crippen MR) is 151 cm³/mol. The second kappa shape index (κ2) is 13.1. The summed E-state index contributed by atoms with van der Waals surface area (Å²) in [6.45, 7) is 4.66. The zero-order chi connectivity index (χ0) is 27.3. The van der Waals surface area contributed by atoms with Crippen LogP contribution in [0.4, 0.5) is 5.13 Å². The molecule has 212 valence electrons. The van der Waals surface area contributed by atoms with Gasteiger partial charge in [0, 0.05) is 23.3 Å². The van der Waals surface area contributed by atoms with E-state index in [4.69, 9.17) is 18.5 Å². The standard InChI is InChI=1S/C25H29N2O8PS2.CH4/c1-4-17(2)34-21-12-18(13-22(14-21)35-20-6-8-23(9-7-20)38(3,30)31)24(28)27-25-26-19(16-37-25)15-36(29)32-10-5-11-33-36;/h6-9,12-14,16-17H,4-5,10-11,15H2,1-3H3,(H,26,27,28);1H4/t17-;/m0./s1. The van der Waals surface area contributed by atoms with Crippen molar-refractivity contribution in [2.75, 3.05) is 24.8 Å². The number of anilines is 1. The first kappa shape index (κ1) is 30.8. The van der Waals surface area contributed by atoms with Gasteiger partial charge in [-0.3, -0.25) is 14.7 Å². The molecular formula is C26H33N2O8PS2. The number of hydrogen-bond donors (Lipinski definition) is 1. The van der Waals surface area contributed by atoms with Crippen LogP contribution in [0.1, 0.15) is 50.2 Å². The summed E-state index contributed by atoms with van der Waals surface area (Å²) in [6.07, 6.45) is 2.53. The van der Waals surface area contributed by atoms with Gasteiger partial charge in [0.05, 0.1) is 36.1 Å². The lowest BCUT2D eigenvalue weighted by molar-refractivity contribution is 0.102. The molecule has 1 aromatic heterocycles. The van der Waals surface area contributed by atoms with Crippen molar-refractivity contribution < 1.29 is 36.3 Å². The summed E-state index contributed by atoms with van der Waals surface area (Å²) in [5.41, 5.74) is 0.781. The van der Waals surface area contributed by atoms with Gasteiger partial charge in [0.15, 0.2) is 15.0 Å². The second-order valence-corrected chi connectivity index (χ2v) is 13.7. The van der Waals surface area contributed by atoms with Crippen LogP contribution in [-0.2, 0) is 29.6 Å². The Morgan fingerprint density at radius 2 is 1.79 bits per heavy atom. The summed E-state index contributed by atoms with van der Waals surface area (Å²) in [4.78, 5) is 17.7. The topological polar surface area (TPSA) is 130 Å². The van der Waals surface area contributed by atoms with Gasteiger partial charge in [-0.25, -0.2) is 13.4 Å². The zero-order valence-corrected chi connectivity index (χ0v) is 23.7. The van der Waals surface area contributed by atoms with Gasteiger partial charge in [-0.2, -0.15) is 0 Å². The van der Waals surface area contributed by atoms with Crippen molar-refractivity contribution in [3.8, 4) is 17.2 Å². The van der Waals surface area contributed by atoms with Crippen molar-refractivity contribution in [3.05, 3.63) is 59.1 Å². The highest BCUT2D eigenvalue weighted by molar-refractivity contribution is 7.90. The minimum Gasteiger partial charge on any atom is -0.491 e. The molecule has 1 atom stereocenters. The fourth-order valence-electron chi connectivity index (χ4n) is 3.44. The number of amides is 1. The van der Waals surface area contributed by atoms with Crippen molar-refractivity contribution in [1.29, 1.82) is 0 Å². The Balaban J connectivity index is 0.00000420. The summed E-state index contributed by atoms with van der Waals surface area (Å²) in [6, 6.07) is 10.8. The summed E-state index contributed by atoms with van der Waals surface area (Å²) >= 11 is 1.20. The van der Waals surface area contributed by atoms with Gasteiger partial charge >= 0.3 is 7.60 Å². The number of thiazole rings is 1. The van der Waals surface area contributed by atoms with Gasteiger partial charge in [0.2, 0.25) is 0 Å². The number of ether oxygens (including phenoxy) is 2. The van der Waals surface area contributed by atoms with Crippen LogP contribution in [0.15, 0.2) is 52.7 Å². The molecule has 0 aliphatic carbocycles. The van der Waals surface area contributed by atoms with E-state index in [9.17, 15) is 17.8 Å². The molecule has 0 unspecified atom stereocenters. The lowest BCUT2D eigenvalue weighted by atomic mass is 10.2. The van der Waals surface area contributed by atoms with E-state index < -0.39 is 23.3 Å². The van der Waals surface area contributed by atoms with Gasteiger partial charge in [-0.05, 0) is 56.2 Å². The number of nitrogens with zero attached hydrogens (tertiary/aromatic N) is 1. The molecule has 0 saturated carbocycles. The minimum absolute atomic E-state index is 0. The summed E-state index contributed by atoms with van der Waals surface area (Å²) in [5, 5.41) is 4.79. The maximum Gasteiger partial charge on any atom is 0.336 e. The fraction of sp³-hybridized carbons (Fsp3) is 0.385. The van der Waals surface area contributed by atoms with E-state index in [1.807, 2.05) is 13.8 Å². The van der Waals surface area contributed by atoms with Crippen LogP contribution in [-0.4, -0.2) is 44.9 Å². The SMILES string of the molecule is C.CC[C@H](C)Oc1cc(Oc2ccc(S(C)(=O)=O)cc2)cc(C(=O)Nc2nc(CP3(=O)OCCCO3)cs2)c1. The number of benzene rings is 2. The smallest absolute Gasteiger partial charge is 0.336 e. The third-order valence-electron chi connectivity index (χ3n) is 5.53. The molecule has 10 nitrogen and oxygen atoms in total. The van der Waals surface area contributed by atoms with Crippen LogP contribution in [0, 0.1) is 0 Å². The van der Waals surface area contributed by atoms with Crippen molar-refractivity contribution in [3.63, 3.8) is 0 Å². The Kier molecular flexibility index (Phi) is 10.3. The highest BCUT2D eigenvalue weighted by Crippen LogP contribution is 2.53. The van der Waals surface area contributed by atoms with Gasteiger partial charge in [0.1, 0.15) is 17.2 Å². The van der Waals surface area contributed by atoms with Crippen molar-refractivity contribution in [1.82, 2.24) is 4.98 Å². The van der Waals surface area contributed by atoms with Crippen LogP contribution in [0.2, 0.25) is 0 Å². The molecule has 1 fully saturated rings. The average molecular weight is 597 g/mol. The number of sulfone groups is 1. The van der Waals surface area contributed by atoms with E-state index in [2.05, 4.69) is 10.3 Å². The highest BCUT2D eigenvalue weighted by Gasteiger charge is 2.29. The minimum atomic E-state index is -3.34. The monoisotopic (exact) mass is 596 g/mol. The quantitative estimate of drug-likeness (QED) is 0.259. The van der Waals surface area contributed by atoms with E-state index in [0.717, 1.165) is 12.7 Å². The Morgan fingerprint density at radius 3 is 2.44 bits per heavy atom. The molecular weight excluding hydrogens is 563 g/mol. The Morgan fingerprint density at radius 1 is 1.13 bits per heavy atom. The largest absolute Gasteiger partial charge is 0.491 e. The van der Waals surface area contributed by atoms with Crippen LogP contribution >= 0.6 is 18.9 Å². The van der Waals surface area contributed by atoms with E-state index >= 15 is 0 Å². The first-order valence-corrected chi connectivity index (χ1v) is 16.5. The second-order valence-electron chi connectivity index (χ2n) is 8.76. The average Bonchev–Trinajstić information content (AvgIpc) is 3.29. The molecule has 1 aliphatic rings. The van der Waals surface area contributed by atoms with E-state index in [1.165, 1.54) is 23.5 Å². The molecule has 1 amide bonds. The molecule has 0 radical (unpaired) electrons. The van der Waals surface area contributed by atoms with E-state index in [0.29, 0.717) is 47.7 Å². The summed E-state index contributed by atoms with van der Waals surface area (Å²) in [5.74, 6) is 0.748. The van der Waals surface area contributed by atoms with Crippen LogP contribution in [0.25, 0.3) is 0 Å². The first-order chi connectivity index (χ1) is 18.0. The number of aromatic nitrogens is 1. The normalized spacial score (nSPS) is 15.6. The molecule has 0 spiro atoms. The third kappa shape index (κ3) is 8.61.